The maximum atomic E-state index is 5.94. The van der Waals surface area contributed by atoms with Gasteiger partial charge in [-0.1, -0.05) is 6.07 Å². The van der Waals surface area contributed by atoms with E-state index < -0.39 is 0 Å². The molecule has 3 rings (SSSR count). The molecule has 0 N–H and O–H groups in total. The number of pyridine rings is 1. The minimum Gasteiger partial charge on any atom is -0.323 e. The first-order valence-corrected chi connectivity index (χ1v) is 7.63. The van der Waals surface area contributed by atoms with Crippen molar-refractivity contribution in [1.29, 1.82) is 0 Å². The first-order chi connectivity index (χ1) is 10.2. The molecule has 108 valence electrons. The molecule has 0 saturated carbocycles. The van der Waals surface area contributed by atoms with Gasteiger partial charge in [-0.25, -0.2) is 4.98 Å². The summed E-state index contributed by atoms with van der Waals surface area (Å²) < 4.78 is 2.25. The summed E-state index contributed by atoms with van der Waals surface area (Å²) in [6.07, 6.45) is 4.53. The number of benzene rings is 1. The van der Waals surface area contributed by atoms with Gasteiger partial charge in [0.1, 0.15) is 5.82 Å². The molecule has 2 heterocycles. The highest BCUT2D eigenvalue weighted by molar-refractivity contribution is 6.17. The Balaban J connectivity index is 2.11. The Kier molecular flexibility index (Phi) is 3.93. The second kappa shape index (κ2) is 5.86. The topological polar surface area (TPSA) is 30.7 Å². The summed E-state index contributed by atoms with van der Waals surface area (Å²) in [5.74, 6) is 1.61. The van der Waals surface area contributed by atoms with E-state index in [0.29, 0.717) is 5.88 Å². The number of alkyl halides is 1. The molecular weight excluding hydrogens is 282 g/mol. The Labute approximate surface area is 129 Å². The molecule has 0 aliphatic carbocycles. The molecule has 0 aliphatic heterocycles. The molecule has 3 nitrogen and oxygen atoms in total. The zero-order chi connectivity index (χ0) is 14.8. The molecule has 0 atom stereocenters. The molecule has 0 spiro atoms. The van der Waals surface area contributed by atoms with Crippen LogP contribution in [0.5, 0.6) is 0 Å². The van der Waals surface area contributed by atoms with Gasteiger partial charge in [-0.05, 0) is 48.7 Å². The van der Waals surface area contributed by atoms with Crippen molar-refractivity contribution in [2.24, 2.45) is 0 Å². The van der Waals surface area contributed by atoms with Crippen LogP contribution in [0.2, 0.25) is 0 Å². The Morgan fingerprint density at radius 2 is 2.05 bits per heavy atom. The predicted molar refractivity (Wildman–Crippen MR) is 87.0 cm³/mol. The van der Waals surface area contributed by atoms with Gasteiger partial charge in [0.15, 0.2) is 0 Å². The van der Waals surface area contributed by atoms with E-state index in [1.165, 1.54) is 16.7 Å². The Morgan fingerprint density at radius 1 is 1.19 bits per heavy atom. The number of aryl methyl sites for hydroxylation is 3. The maximum absolute atomic E-state index is 5.94. The van der Waals surface area contributed by atoms with Crippen LogP contribution >= 0.6 is 11.6 Å². The number of rotatable bonds is 4. The van der Waals surface area contributed by atoms with Crippen LogP contribution in [0, 0.1) is 13.8 Å². The van der Waals surface area contributed by atoms with Crippen molar-refractivity contribution in [3.63, 3.8) is 0 Å². The van der Waals surface area contributed by atoms with Gasteiger partial charge in [-0.2, -0.15) is 0 Å². The second-order valence-electron chi connectivity index (χ2n) is 5.35. The van der Waals surface area contributed by atoms with Gasteiger partial charge >= 0.3 is 0 Å². The monoisotopic (exact) mass is 299 g/mol. The van der Waals surface area contributed by atoms with E-state index in [1.807, 2.05) is 18.5 Å². The molecule has 4 heteroatoms. The zero-order valence-corrected chi connectivity index (χ0v) is 13.1. The Morgan fingerprint density at radius 3 is 2.81 bits per heavy atom. The van der Waals surface area contributed by atoms with Crippen molar-refractivity contribution in [2.45, 2.75) is 26.8 Å². The molecule has 0 fully saturated rings. The first-order valence-electron chi connectivity index (χ1n) is 7.10. The average Bonchev–Trinajstić information content (AvgIpc) is 2.79. The fourth-order valence-corrected chi connectivity index (χ4v) is 2.74. The summed E-state index contributed by atoms with van der Waals surface area (Å²) in [7, 11) is 0. The van der Waals surface area contributed by atoms with Gasteiger partial charge in [0.05, 0.1) is 17.6 Å². The summed E-state index contributed by atoms with van der Waals surface area (Å²) in [6.45, 7) is 4.98. The van der Waals surface area contributed by atoms with Gasteiger partial charge in [0.25, 0.3) is 0 Å². The molecule has 0 bridgehead atoms. The van der Waals surface area contributed by atoms with Crippen molar-refractivity contribution in [3.05, 3.63) is 59.2 Å². The van der Waals surface area contributed by atoms with Crippen LogP contribution in [0.3, 0.4) is 0 Å². The second-order valence-corrected chi connectivity index (χ2v) is 5.73. The third kappa shape index (κ3) is 2.79. The van der Waals surface area contributed by atoms with E-state index in [-0.39, 0.29) is 0 Å². The van der Waals surface area contributed by atoms with Crippen LogP contribution < -0.4 is 0 Å². The molecule has 0 unspecified atom stereocenters. The minimum atomic E-state index is 0.578. The summed E-state index contributed by atoms with van der Waals surface area (Å²) in [6, 6.07) is 8.43. The quantitative estimate of drug-likeness (QED) is 0.685. The highest BCUT2D eigenvalue weighted by Gasteiger charge is 2.11. The SMILES string of the molecule is Cc1ccc2c(c1)nc(CCCl)n2Cc1cnccc1C. The van der Waals surface area contributed by atoms with Crippen LogP contribution in [0.4, 0.5) is 0 Å². The van der Waals surface area contributed by atoms with E-state index in [9.17, 15) is 0 Å². The summed E-state index contributed by atoms with van der Waals surface area (Å²) in [5, 5.41) is 0. The third-order valence-electron chi connectivity index (χ3n) is 3.78. The van der Waals surface area contributed by atoms with E-state index in [0.717, 1.165) is 29.8 Å². The van der Waals surface area contributed by atoms with Gasteiger partial charge in [0.2, 0.25) is 0 Å². The standard InChI is InChI=1S/C17H18ClN3/c1-12-3-4-16-15(9-12)20-17(5-7-18)21(16)11-14-10-19-8-6-13(14)2/h3-4,6,8-10H,5,7,11H2,1-2H3. The van der Waals surface area contributed by atoms with Crippen LogP contribution in [0.25, 0.3) is 11.0 Å². The first kappa shape index (κ1) is 14.1. The molecule has 0 amide bonds. The van der Waals surface area contributed by atoms with Crippen LogP contribution in [-0.2, 0) is 13.0 Å². The maximum Gasteiger partial charge on any atom is 0.111 e. The summed E-state index contributed by atoms with van der Waals surface area (Å²) in [5.41, 5.74) is 5.88. The van der Waals surface area contributed by atoms with Gasteiger partial charge in [0, 0.05) is 24.7 Å². The Hall–Kier alpha value is -1.87. The van der Waals surface area contributed by atoms with E-state index >= 15 is 0 Å². The largest absolute Gasteiger partial charge is 0.323 e. The number of aromatic nitrogens is 3. The van der Waals surface area contributed by atoms with E-state index in [4.69, 9.17) is 16.6 Å². The third-order valence-corrected chi connectivity index (χ3v) is 3.97. The van der Waals surface area contributed by atoms with Crippen molar-refractivity contribution in [1.82, 2.24) is 14.5 Å². The highest BCUT2D eigenvalue weighted by atomic mass is 35.5. The van der Waals surface area contributed by atoms with Crippen LogP contribution in [0.1, 0.15) is 22.5 Å². The lowest BCUT2D eigenvalue weighted by molar-refractivity contribution is 0.748. The number of hydrogen-bond donors (Lipinski definition) is 0. The number of imidazole rings is 1. The lowest BCUT2D eigenvalue weighted by atomic mass is 10.1. The van der Waals surface area contributed by atoms with E-state index in [1.54, 1.807) is 0 Å². The molecule has 2 aromatic heterocycles. The molecule has 0 saturated heterocycles. The number of hydrogen-bond acceptors (Lipinski definition) is 2. The van der Waals surface area contributed by atoms with Gasteiger partial charge in [-0.3, -0.25) is 4.98 Å². The van der Waals surface area contributed by atoms with Crippen LogP contribution in [0.15, 0.2) is 36.7 Å². The molecule has 0 aliphatic rings. The molecule has 21 heavy (non-hydrogen) atoms. The van der Waals surface area contributed by atoms with Crippen molar-refractivity contribution < 1.29 is 0 Å². The molecular formula is C17H18ClN3. The van der Waals surface area contributed by atoms with Crippen LogP contribution in [-0.4, -0.2) is 20.4 Å². The van der Waals surface area contributed by atoms with Gasteiger partial charge < -0.3 is 4.57 Å². The minimum absolute atomic E-state index is 0.578. The summed E-state index contributed by atoms with van der Waals surface area (Å²) in [4.78, 5) is 8.98. The fraction of sp³-hybridized carbons (Fsp3) is 0.294. The molecule has 3 aromatic rings. The predicted octanol–water partition coefficient (Wildman–Crippen LogP) is 3.88. The van der Waals surface area contributed by atoms with Crippen molar-refractivity contribution in [2.75, 3.05) is 5.88 Å². The zero-order valence-electron chi connectivity index (χ0n) is 12.3. The molecule has 1 aromatic carbocycles. The van der Waals surface area contributed by atoms with E-state index in [2.05, 4.69) is 41.6 Å². The number of halogens is 1. The normalized spacial score (nSPS) is 11.2. The number of nitrogens with zero attached hydrogens (tertiary/aromatic N) is 3. The number of fused-ring (bicyclic) bond motifs is 1. The lowest BCUT2D eigenvalue weighted by Gasteiger charge is -2.10. The lowest BCUT2D eigenvalue weighted by Crippen LogP contribution is -2.07. The van der Waals surface area contributed by atoms with Crippen molar-refractivity contribution in [3.8, 4) is 0 Å². The molecule has 0 radical (unpaired) electrons. The van der Waals surface area contributed by atoms with Crippen molar-refractivity contribution >= 4 is 22.6 Å². The smallest absolute Gasteiger partial charge is 0.111 e. The highest BCUT2D eigenvalue weighted by Crippen LogP contribution is 2.21. The summed E-state index contributed by atoms with van der Waals surface area (Å²) >= 11 is 5.94. The van der Waals surface area contributed by atoms with Gasteiger partial charge in [-0.15, -0.1) is 11.6 Å². The average molecular weight is 300 g/mol. The fourth-order valence-electron chi connectivity index (χ4n) is 2.57. The Bertz CT molecular complexity index is 777.